The monoisotopic (exact) mass is 447 g/mol. The van der Waals surface area contributed by atoms with Crippen LogP contribution in [0.2, 0.25) is 0 Å². The summed E-state index contributed by atoms with van der Waals surface area (Å²) in [6.07, 6.45) is 4.25. The van der Waals surface area contributed by atoms with Crippen LogP contribution in [0.1, 0.15) is 43.0 Å². The lowest BCUT2D eigenvalue weighted by Crippen LogP contribution is -2.16. The van der Waals surface area contributed by atoms with E-state index in [1.165, 1.54) is 0 Å². The van der Waals surface area contributed by atoms with E-state index in [2.05, 4.69) is 28.2 Å². The highest BCUT2D eigenvalue weighted by Crippen LogP contribution is 2.26. The first-order valence-electron chi connectivity index (χ1n) is 9.74. The number of hydrogen-bond acceptors (Lipinski definition) is 4. The Labute approximate surface area is 174 Å². The molecule has 0 bridgehead atoms. The molecule has 1 N–H and O–H groups in total. The van der Waals surface area contributed by atoms with Gasteiger partial charge >= 0.3 is 0 Å². The Morgan fingerprint density at radius 1 is 1.25 bits per heavy atom. The molecule has 1 heterocycles. The second-order valence-corrected chi connectivity index (χ2v) is 7.69. The Kier molecular flexibility index (Phi) is 7.74. The number of carbonyl (C=O) groups excluding carboxylic acids is 1. The number of anilines is 1. The van der Waals surface area contributed by atoms with Gasteiger partial charge in [-0.2, -0.15) is 0 Å². The van der Waals surface area contributed by atoms with Crippen LogP contribution < -0.4 is 14.8 Å². The van der Waals surface area contributed by atoms with Crippen molar-refractivity contribution in [1.29, 1.82) is 0 Å². The van der Waals surface area contributed by atoms with Gasteiger partial charge in [-0.25, -0.2) is 0 Å². The number of carbonyl (C=O) groups is 1. The maximum absolute atomic E-state index is 12.8. The average Bonchev–Trinajstić information content (AvgIpc) is 3.21. The first-order valence-corrected chi connectivity index (χ1v) is 10.5. The van der Waals surface area contributed by atoms with Gasteiger partial charge in [-0.3, -0.25) is 4.79 Å². The molecule has 0 saturated carbocycles. The third kappa shape index (κ3) is 5.97. The van der Waals surface area contributed by atoms with Crippen molar-refractivity contribution in [2.75, 3.05) is 25.1 Å². The van der Waals surface area contributed by atoms with Crippen molar-refractivity contribution in [3.63, 3.8) is 0 Å². The molecule has 1 saturated heterocycles. The third-order valence-corrected chi connectivity index (χ3v) is 4.99. The van der Waals surface area contributed by atoms with Gasteiger partial charge in [-0.05, 0) is 49.6 Å². The molecule has 6 heteroatoms. The lowest BCUT2D eigenvalue weighted by atomic mass is 10.1. The number of hydrogen-bond donors (Lipinski definition) is 1. The Bertz CT molecular complexity index is 790. The van der Waals surface area contributed by atoms with Gasteiger partial charge in [0.1, 0.15) is 18.1 Å². The third-order valence-electron chi connectivity index (χ3n) is 4.49. The van der Waals surface area contributed by atoms with Crippen LogP contribution in [0.15, 0.2) is 46.9 Å². The van der Waals surface area contributed by atoms with Gasteiger partial charge in [0.2, 0.25) is 0 Å². The first-order chi connectivity index (χ1) is 13.7. The quantitative estimate of drug-likeness (QED) is 0.520. The van der Waals surface area contributed by atoms with E-state index in [1.807, 2.05) is 36.4 Å². The molecule has 1 atom stereocenters. The van der Waals surface area contributed by atoms with Crippen LogP contribution in [0, 0.1) is 0 Å². The van der Waals surface area contributed by atoms with E-state index in [9.17, 15) is 4.79 Å². The highest BCUT2D eigenvalue weighted by atomic mass is 79.9. The molecule has 150 valence electrons. The predicted molar refractivity (Wildman–Crippen MR) is 113 cm³/mol. The normalized spacial score (nSPS) is 16.0. The molecule has 2 aromatic carbocycles. The summed E-state index contributed by atoms with van der Waals surface area (Å²) in [6.45, 7) is 4.02. The van der Waals surface area contributed by atoms with Gasteiger partial charge in [0.15, 0.2) is 0 Å². The zero-order valence-electron chi connectivity index (χ0n) is 16.1. The van der Waals surface area contributed by atoms with Crippen LogP contribution in [0.5, 0.6) is 11.5 Å². The Morgan fingerprint density at radius 2 is 2.14 bits per heavy atom. The fraction of sp³-hybridized carbons (Fsp3) is 0.409. The van der Waals surface area contributed by atoms with Gasteiger partial charge in [-0.15, -0.1) is 0 Å². The molecule has 1 fully saturated rings. The van der Waals surface area contributed by atoms with E-state index in [0.29, 0.717) is 36.0 Å². The summed E-state index contributed by atoms with van der Waals surface area (Å²) in [6, 6.07) is 12.9. The average molecular weight is 448 g/mol. The minimum absolute atomic E-state index is 0.155. The molecule has 0 aromatic heterocycles. The molecule has 1 aliphatic rings. The minimum atomic E-state index is -0.218. The largest absolute Gasteiger partial charge is 0.493 e. The number of ether oxygens (including phenoxy) is 3. The van der Waals surface area contributed by atoms with Crippen molar-refractivity contribution in [1.82, 2.24) is 0 Å². The Balaban J connectivity index is 1.65. The molecule has 28 heavy (non-hydrogen) atoms. The van der Waals surface area contributed by atoms with Crippen LogP contribution in [0.3, 0.4) is 0 Å². The van der Waals surface area contributed by atoms with Crippen LogP contribution in [0.4, 0.5) is 5.69 Å². The van der Waals surface area contributed by atoms with Crippen molar-refractivity contribution in [2.45, 2.75) is 38.7 Å². The summed E-state index contributed by atoms with van der Waals surface area (Å²) in [5, 5.41) is 2.93. The van der Waals surface area contributed by atoms with Crippen LogP contribution in [0.25, 0.3) is 0 Å². The molecule has 1 amide bonds. The van der Waals surface area contributed by atoms with Crippen LogP contribution in [-0.4, -0.2) is 31.8 Å². The van der Waals surface area contributed by atoms with Crippen molar-refractivity contribution in [3.8, 4) is 11.5 Å². The summed E-state index contributed by atoms with van der Waals surface area (Å²) in [5.74, 6) is 1.07. The first kappa shape index (κ1) is 20.7. The van der Waals surface area contributed by atoms with E-state index in [0.717, 1.165) is 36.8 Å². The SMILES string of the molecule is CCCCOc1ccc(Br)cc1C(=O)Nc1cccc(OCC2CCCO2)c1. The van der Waals surface area contributed by atoms with Crippen LogP contribution >= 0.6 is 15.9 Å². The van der Waals surface area contributed by atoms with Crippen LogP contribution in [-0.2, 0) is 4.74 Å². The van der Waals surface area contributed by atoms with Crippen molar-refractivity contribution < 1.29 is 19.0 Å². The van der Waals surface area contributed by atoms with Gasteiger partial charge in [0, 0.05) is 22.8 Å². The standard InChI is InChI=1S/C22H26BrNO4/c1-2-3-11-27-21-10-9-16(23)13-20(21)22(25)24-17-6-4-7-18(14-17)28-15-19-8-5-12-26-19/h4,6-7,9-10,13-14,19H,2-3,5,8,11-12,15H2,1H3,(H,24,25). The maximum Gasteiger partial charge on any atom is 0.259 e. The lowest BCUT2D eigenvalue weighted by molar-refractivity contribution is 0.0680. The molecule has 1 unspecified atom stereocenters. The van der Waals surface area contributed by atoms with Crippen molar-refractivity contribution in [3.05, 3.63) is 52.5 Å². The maximum atomic E-state index is 12.8. The van der Waals surface area contributed by atoms with Gasteiger partial charge in [0.25, 0.3) is 5.91 Å². The highest BCUT2D eigenvalue weighted by molar-refractivity contribution is 9.10. The topological polar surface area (TPSA) is 56.8 Å². The molecule has 3 rings (SSSR count). The van der Waals surface area contributed by atoms with Crippen molar-refractivity contribution in [2.24, 2.45) is 0 Å². The van der Waals surface area contributed by atoms with Gasteiger partial charge < -0.3 is 19.5 Å². The Hall–Kier alpha value is -2.05. The second-order valence-electron chi connectivity index (χ2n) is 6.77. The fourth-order valence-corrected chi connectivity index (χ4v) is 3.32. The molecule has 0 spiro atoms. The summed E-state index contributed by atoms with van der Waals surface area (Å²) in [5.41, 5.74) is 1.17. The molecule has 5 nitrogen and oxygen atoms in total. The number of rotatable bonds is 9. The molecule has 2 aromatic rings. The summed E-state index contributed by atoms with van der Waals surface area (Å²) < 4.78 is 18.0. The highest BCUT2D eigenvalue weighted by Gasteiger charge is 2.17. The number of unbranched alkanes of at least 4 members (excludes halogenated alkanes) is 1. The van der Waals surface area contributed by atoms with Crippen molar-refractivity contribution >= 4 is 27.5 Å². The zero-order valence-corrected chi connectivity index (χ0v) is 17.7. The van der Waals surface area contributed by atoms with Gasteiger partial charge in [0.05, 0.1) is 18.3 Å². The summed E-state index contributed by atoms with van der Waals surface area (Å²) >= 11 is 3.43. The number of amides is 1. The zero-order chi connectivity index (χ0) is 19.8. The lowest BCUT2D eigenvalue weighted by Gasteiger charge is -2.14. The number of halogens is 1. The van der Waals surface area contributed by atoms with E-state index in [4.69, 9.17) is 14.2 Å². The smallest absolute Gasteiger partial charge is 0.259 e. The molecule has 0 radical (unpaired) electrons. The molecular weight excluding hydrogens is 422 g/mol. The molecular formula is C22H26BrNO4. The van der Waals surface area contributed by atoms with E-state index in [1.54, 1.807) is 6.07 Å². The number of nitrogens with one attached hydrogen (secondary N) is 1. The van der Waals surface area contributed by atoms with E-state index >= 15 is 0 Å². The minimum Gasteiger partial charge on any atom is -0.493 e. The molecule has 0 aliphatic carbocycles. The fourth-order valence-electron chi connectivity index (χ4n) is 2.96. The predicted octanol–water partition coefficient (Wildman–Crippen LogP) is 5.44. The Morgan fingerprint density at radius 3 is 2.93 bits per heavy atom. The second kappa shape index (κ2) is 10.5. The number of benzene rings is 2. The van der Waals surface area contributed by atoms with E-state index in [-0.39, 0.29) is 12.0 Å². The van der Waals surface area contributed by atoms with Gasteiger partial charge in [-0.1, -0.05) is 35.3 Å². The summed E-state index contributed by atoms with van der Waals surface area (Å²) in [4.78, 5) is 12.8. The summed E-state index contributed by atoms with van der Waals surface area (Å²) in [7, 11) is 0. The molecule has 1 aliphatic heterocycles. The van der Waals surface area contributed by atoms with E-state index < -0.39 is 0 Å².